The van der Waals surface area contributed by atoms with Crippen LogP contribution in [0.5, 0.6) is 5.75 Å². The molecule has 0 aromatic heterocycles. The lowest BCUT2D eigenvalue weighted by molar-refractivity contribution is -0.137. The number of hydrogen-bond donors (Lipinski definition) is 2. The van der Waals surface area contributed by atoms with Crippen LogP contribution in [0, 0.1) is 0 Å². The molecule has 1 rings (SSSR count). The number of nitrogens with zero attached hydrogens (tertiary/aromatic N) is 1. The third-order valence-electron chi connectivity index (χ3n) is 2.52. The quantitative estimate of drug-likeness (QED) is 0.267. The number of nitrogens with two attached hydrogens (primary N) is 1. The number of rotatable bonds is 7. The summed E-state index contributed by atoms with van der Waals surface area (Å²) >= 11 is 0. The highest BCUT2D eigenvalue weighted by molar-refractivity contribution is 5.99. The Morgan fingerprint density at radius 2 is 2.00 bits per heavy atom. The molecule has 0 aliphatic heterocycles. The van der Waals surface area contributed by atoms with Crippen molar-refractivity contribution in [3.05, 3.63) is 29.3 Å². The van der Waals surface area contributed by atoms with Gasteiger partial charge in [-0.3, -0.25) is 0 Å². The van der Waals surface area contributed by atoms with E-state index in [2.05, 4.69) is 5.16 Å². The van der Waals surface area contributed by atoms with Crippen molar-refractivity contribution in [2.75, 3.05) is 19.8 Å². The van der Waals surface area contributed by atoms with Crippen molar-refractivity contribution in [1.82, 2.24) is 0 Å². The predicted molar refractivity (Wildman–Crippen MR) is 70.6 cm³/mol. The van der Waals surface area contributed by atoms with E-state index in [1.807, 2.05) is 6.92 Å². The molecular weight excluding hydrogens is 289 g/mol. The Bertz CT molecular complexity index is 490. The van der Waals surface area contributed by atoms with Crippen LogP contribution in [0.15, 0.2) is 23.4 Å². The van der Waals surface area contributed by atoms with E-state index in [1.165, 1.54) is 6.07 Å². The molecule has 8 heteroatoms. The number of benzene rings is 1. The molecular formula is C13H17F3N2O3. The van der Waals surface area contributed by atoms with E-state index in [0.29, 0.717) is 13.2 Å². The van der Waals surface area contributed by atoms with Gasteiger partial charge in [0.15, 0.2) is 5.84 Å². The molecule has 0 spiro atoms. The fraction of sp³-hybridized carbons (Fsp3) is 0.462. The van der Waals surface area contributed by atoms with E-state index in [-0.39, 0.29) is 12.4 Å². The first kappa shape index (κ1) is 17.1. The van der Waals surface area contributed by atoms with Crippen molar-refractivity contribution < 1.29 is 27.9 Å². The average Bonchev–Trinajstić information content (AvgIpc) is 2.45. The molecule has 5 nitrogen and oxygen atoms in total. The third kappa shape index (κ3) is 5.14. The molecule has 0 atom stereocenters. The van der Waals surface area contributed by atoms with Crippen molar-refractivity contribution in [2.45, 2.75) is 19.5 Å². The Morgan fingerprint density at radius 1 is 1.29 bits per heavy atom. The molecule has 0 amide bonds. The molecule has 0 fully saturated rings. The molecule has 0 radical (unpaired) electrons. The highest BCUT2D eigenvalue weighted by Gasteiger charge is 2.34. The number of ether oxygens (including phenoxy) is 2. The fourth-order valence-corrected chi connectivity index (χ4v) is 1.59. The van der Waals surface area contributed by atoms with Gasteiger partial charge in [0.05, 0.1) is 12.2 Å². The van der Waals surface area contributed by atoms with Gasteiger partial charge in [0.1, 0.15) is 12.4 Å². The van der Waals surface area contributed by atoms with Gasteiger partial charge in [-0.1, -0.05) is 12.1 Å². The van der Waals surface area contributed by atoms with Gasteiger partial charge in [0.25, 0.3) is 0 Å². The maximum Gasteiger partial charge on any atom is 0.417 e. The molecule has 118 valence electrons. The van der Waals surface area contributed by atoms with Crippen molar-refractivity contribution in [2.24, 2.45) is 10.9 Å². The normalized spacial score (nSPS) is 12.5. The minimum absolute atomic E-state index is 0.185. The van der Waals surface area contributed by atoms with Gasteiger partial charge >= 0.3 is 6.18 Å². The highest BCUT2D eigenvalue weighted by Crippen LogP contribution is 2.33. The molecule has 0 heterocycles. The molecule has 0 unspecified atom stereocenters. The van der Waals surface area contributed by atoms with Gasteiger partial charge in [0.2, 0.25) is 0 Å². The van der Waals surface area contributed by atoms with Crippen molar-refractivity contribution in [3.8, 4) is 5.75 Å². The summed E-state index contributed by atoms with van der Waals surface area (Å²) in [4.78, 5) is 0. The van der Waals surface area contributed by atoms with Crippen LogP contribution in [0.25, 0.3) is 0 Å². The van der Waals surface area contributed by atoms with Crippen molar-refractivity contribution in [3.63, 3.8) is 0 Å². The van der Waals surface area contributed by atoms with E-state index < -0.39 is 23.1 Å². The first-order valence-electron chi connectivity index (χ1n) is 6.29. The van der Waals surface area contributed by atoms with Gasteiger partial charge in [0, 0.05) is 12.2 Å². The molecule has 0 aliphatic carbocycles. The number of alkyl halides is 3. The predicted octanol–water partition coefficient (Wildman–Crippen LogP) is 2.61. The number of halogens is 3. The zero-order valence-electron chi connectivity index (χ0n) is 11.5. The van der Waals surface area contributed by atoms with E-state index in [1.54, 1.807) is 0 Å². The Balaban J connectivity index is 2.85. The second-order valence-electron chi connectivity index (χ2n) is 4.15. The lowest BCUT2D eigenvalue weighted by Crippen LogP contribution is -2.20. The summed E-state index contributed by atoms with van der Waals surface area (Å²) in [5, 5.41) is 11.2. The highest BCUT2D eigenvalue weighted by atomic mass is 19.4. The summed E-state index contributed by atoms with van der Waals surface area (Å²) in [6.07, 6.45) is -3.73. The Hall–Kier alpha value is -1.96. The second-order valence-corrected chi connectivity index (χ2v) is 4.15. The van der Waals surface area contributed by atoms with Crippen LogP contribution in [0.1, 0.15) is 24.5 Å². The van der Waals surface area contributed by atoms with Crippen LogP contribution in [-0.4, -0.2) is 30.9 Å². The van der Waals surface area contributed by atoms with Gasteiger partial charge in [-0.05, 0) is 24.6 Å². The molecule has 0 saturated carbocycles. The minimum atomic E-state index is -4.60. The SMILES string of the molecule is CCCOCCOc1ccc(C(F)(F)F)c(/C(N)=N/O)c1. The van der Waals surface area contributed by atoms with Gasteiger partial charge in [-0.15, -0.1) is 0 Å². The van der Waals surface area contributed by atoms with Crippen molar-refractivity contribution >= 4 is 5.84 Å². The van der Waals surface area contributed by atoms with E-state index in [4.69, 9.17) is 20.4 Å². The molecule has 0 saturated heterocycles. The summed E-state index contributed by atoms with van der Waals surface area (Å²) in [6.45, 7) is 3.07. The van der Waals surface area contributed by atoms with Crippen molar-refractivity contribution in [1.29, 1.82) is 0 Å². The molecule has 1 aromatic carbocycles. The lowest BCUT2D eigenvalue weighted by atomic mass is 10.1. The van der Waals surface area contributed by atoms with Crippen LogP contribution < -0.4 is 10.5 Å². The fourth-order valence-electron chi connectivity index (χ4n) is 1.59. The number of hydrogen-bond acceptors (Lipinski definition) is 4. The number of amidine groups is 1. The van der Waals surface area contributed by atoms with E-state index in [0.717, 1.165) is 18.6 Å². The molecule has 0 bridgehead atoms. The molecule has 0 aliphatic rings. The summed E-state index contributed by atoms with van der Waals surface area (Å²) < 4.78 is 48.9. The zero-order valence-corrected chi connectivity index (χ0v) is 11.5. The van der Waals surface area contributed by atoms with Gasteiger partial charge in [-0.25, -0.2) is 0 Å². The van der Waals surface area contributed by atoms with E-state index >= 15 is 0 Å². The van der Waals surface area contributed by atoms with Crippen LogP contribution >= 0.6 is 0 Å². The average molecular weight is 306 g/mol. The Morgan fingerprint density at radius 3 is 2.57 bits per heavy atom. The molecule has 1 aromatic rings. The van der Waals surface area contributed by atoms with Gasteiger partial charge in [-0.2, -0.15) is 13.2 Å². The maximum absolute atomic E-state index is 12.8. The summed E-state index contributed by atoms with van der Waals surface area (Å²) in [6, 6.07) is 3.09. The lowest BCUT2D eigenvalue weighted by Gasteiger charge is -2.14. The molecule has 21 heavy (non-hydrogen) atoms. The first-order valence-corrected chi connectivity index (χ1v) is 6.29. The monoisotopic (exact) mass is 306 g/mol. The Kier molecular flexibility index (Phi) is 6.29. The minimum Gasteiger partial charge on any atom is -0.491 e. The third-order valence-corrected chi connectivity index (χ3v) is 2.52. The van der Waals surface area contributed by atoms with Gasteiger partial charge < -0.3 is 20.4 Å². The summed E-state index contributed by atoms with van der Waals surface area (Å²) in [7, 11) is 0. The Labute approximate surface area is 120 Å². The van der Waals surface area contributed by atoms with Crippen LogP contribution in [0.2, 0.25) is 0 Å². The van der Waals surface area contributed by atoms with Crippen LogP contribution in [0.3, 0.4) is 0 Å². The maximum atomic E-state index is 12.8. The second kappa shape index (κ2) is 7.72. The standard InChI is InChI=1S/C13H17F3N2O3/c1-2-5-20-6-7-21-9-3-4-11(13(14,15)16)10(8-9)12(17)18-19/h3-4,8,19H,2,5-7H2,1H3,(H2,17,18). The smallest absolute Gasteiger partial charge is 0.417 e. The number of oxime groups is 1. The zero-order chi connectivity index (χ0) is 15.9. The largest absolute Gasteiger partial charge is 0.491 e. The first-order chi connectivity index (χ1) is 9.90. The topological polar surface area (TPSA) is 77.1 Å². The molecule has 3 N–H and O–H groups in total. The van der Waals surface area contributed by atoms with Crippen LogP contribution in [-0.2, 0) is 10.9 Å². The van der Waals surface area contributed by atoms with Crippen LogP contribution in [0.4, 0.5) is 13.2 Å². The summed E-state index contributed by atoms with van der Waals surface area (Å²) in [5.74, 6) is -0.445. The van der Waals surface area contributed by atoms with E-state index in [9.17, 15) is 13.2 Å². The summed E-state index contributed by atoms with van der Waals surface area (Å²) in [5.41, 5.74) is 3.85.